The summed E-state index contributed by atoms with van der Waals surface area (Å²) in [5, 5.41) is 29.8. The molecule has 3 rings (SSSR count). The number of nitrogens with zero attached hydrogens (tertiary/aromatic N) is 1. The first-order valence-electron chi connectivity index (χ1n) is 5.94. The molecule has 1 saturated heterocycles. The number of rotatable bonds is 2. The van der Waals surface area contributed by atoms with Crippen molar-refractivity contribution in [2.24, 2.45) is 0 Å². The molecular weight excluding hydrogens is 256 g/mol. The predicted octanol–water partition coefficient (Wildman–Crippen LogP) is -2.32. The van der Waals surface area contributed by atoms with Crippen LogP contribution in [0.15, 0.2) is 21.9 Å². The zero-order valence-corrected chi connectivity index (χ0v) is 9.94. The van der Waals surface area contributed by atoms with Crippen molar-refractivity contribution in [3.63, 3.8) is 0 Å². The van der Waals surface area contributed by atoms with Crippen molar-refractivity contribution in [2.75, 3.05) is 6.61 Å². The molecule has 0 radical (unpaired) electrons. The molecule has 0 aromatic carbocycles. The van der Waals surface area contributed by atoms with Gasteiger partial charge in [-0.25, -0.2) is 4.79 Å². The molecule has 2 aliphatic rings. The predicted molar refractivity (Wildman–Crippen MR) is 61.5 cm³/mol. The second-order valence-corrected chi connectivity index (χ2v) is 5.05. The second-order valence-electron chi connectivity index (χ2n) is 5.05. The van der Waals surface area contributed by atoms with E-state index in [1.54, 1.807) is 0 Å². The Hall–Kier alpha value is -1.48. The summed E-state index contributed by atoms with van der Waals surface area (Å²) in [7, 11) is 0. The van der Waals surface area contributed by atoms with Crippen molar-refractivity contribution in [3.05, 3.63) is 33.1 Å². The minimum absolute atomic E-state index is 0.281. The Bertz CT molecular complexity index is 615. The van der Waals surface area contributed by atoms with E-state index in [1.165, 1.54) is 6.20 Å². The van der Waals surface area contributed by atoms with Crippen LogP contribution in [-0.2, 0) is 4.74 Å². The van der Waals surface area contributed by atoms with Gasteiger partial charge in [0.25, 0.3) is 5.56 Å². The summed E-state index contributed by atoms with van der Waals surface area (Å²) in [6, 6.07) is 1.12. The molecule has 1 aromatic rings. The highest BCUT2D eigenvalue weighted by Crippen LogP contribution is 2.56. The highest BCUT2D eigenvalue weighted by Gasteiger charge is 2.71. The van der Waals surface area contributed by atoms with Crippen LogP contribution in [0.5, 0.6) is 0 Å². The summed E-state index contributed by atoms with van der Waals surface area (Å²) in [4.78, 5) is 24.7. The molecule has 0 spiro atoms. The van der Waals surface area contributed by atoms with Crippen LogP contribution in [0.2, 0.25) is 0 Å². The van der Waals surface area contributed by atoms with Gasteiger partial charge >= 0.3 is 5.69 Å². The molecule has 2 heterocycles. The summed E-state index contributed by atoms with van der Waals surface area (Å²) in [5.74, 6) is 0. The number of aromatic amines is 1. The molecule has 1 aromatic heterocycles. The Morgan fingerprint density at radius 1 is 1.47 bits per heavy atom. The van der Waals surface area contributed by atoms with Gasteiger partial charge in [-0.05, 0) is 12.8 Å². The normalized spacial score (nSPS) is 40.8. The van der Waals surface area contributed by atoms with Crippen molar-refractivity contribution < 1.29 is 20.1 Å². The third kappa shape index (κ3) is 1.42. The number of nitrogens with one attached hydrogen (secondary N) is 1. The van der Waals surface area contributed by atoms with Crippen molar-refractivity contribution in [1.29, 1.82) is 0 Å². The van der Waals surface area contributed by atoms with Crippen molar-refractivity contribution in [1.82, 2.24) is 9.55 Å². The van der Waals surface area contributed by atoms with E-state index in [0.29, 0.717) is 6.42 Å². The standard InChI is InChI=1S/C11H14N2O6/c14-5-10-2-3-11(10,18)7(16)8(19-10)13-4-1-6(15)12-9(13)17/h1,4,7-8,14,16,18H,2-3,5H2,(H,12,15,17)/t7-,8+,10+,11?/m0/s1. The minimum atomic E-state index is -1.57. The number of aliphatic hydroxyl groups excluding tert-OH is 2. The Balaban J connectivity index is 2.04. The van der Waals surface area contributed by atoms with Gasteiger partial charge in [0, 0.05) is 12.3 Å². The number of aliphatic hydroxyl groups is 3. The topological polar surface area (TPSA) is 125 Å². The molecule has 2 fully saturated rings. The molecule has 1 unspecified atom stereocenters. The maximum absolute atomic E-state index is 11.7. The number of H-pyrrole nitrogens is 1. The molecular formula is C11H14N2O6. The van der Waals surface area contributed by atoms with Crippen LogP contribution in [0.1, 0.15) is 19.1 Å². The van der Waals surface area contributed by atoms with Crippen LogP contribution in [0, 0.1) is 0 Å². The van der Waals surface area contributed by atoms with Gasteiger partial charge in [0.15, 0.2) is 6.23 Å². The molecule has 1 saturated carbocycles. The third-order valence-corrected chi connectivity index (χ3v) is 4.19. The first kappa shape index (κ1) is 12.5. The van der Waals surface area contributed by atoms with Crippen LogP contribution >= 0.6 is 0 Å². The maximum atomic E-state index is 11.7. The fraction of sp³-hybridized carbons (Fsp3) is 0.636. The molecule has 8 heteroatoms. The lowest BCUT2D eigenvalue weighted by Crippen LogP contribution is -2.66. The second kappa shape index (κ2) is 3.76. The number of hydrogen-bond acceptors (Lipinski definition) is 6. The SMILES string of the molecule is O=c1ccn([C@@H]2O[C@@]3(CO)CCC3(O)[C@H]2O)c(=O)[nH]1. The van der Waals surface area contributed by atoms with Crippen LogP contribution in [0.25, 0.3) is 0 Å². The van der Waals surface area contributed by atoms with E-state index < -0.39 is 41.4 Å². The molecule has 4 N–H and O–H groups in total. The lowest BCUT2D eigenvalue weighted by Gasteiger charge is -2.49. The first-order chi connectivity index (χ1) is 8.93. The van der Waals surface area contributed by atoms with Gasteiger partial charge in [-0.3, -0.25) is 14.3 Å². The van der Waals surface area contributed by atoms with Crippen molar-refractivity contribution >= 4 is 0 Å². The molecule has 1 aliphatic carbocycles. The van der Waals surface area contributed by atoms with E-state index in [0.717, 1.165) is 10.6 Å². The molecule has 0 bridgehead atoms. The molecule has 104 valence electrons. The maximum Gasteiger partial charge on any atom is 0.330 e. The van der Waals surface area contributed by atoms with Gasteiger partial charge in [0.2, 0.25) is 0 Å². The molecule has 4 atom stereocenters. The van der Waals surface area contributed by atoms with E-state index in [-0.39, 0.29) is 6.42 Å². The van der Waals surface area contributed by atoms with Gasteiger partial charge in [0.05, 0.1) is 6.61 Å². The summed E-state index contributed by atoms with van der Waals surface area (Å²) in [6.07, 6.45) is -0.621. The highest BCUT2D eigenvalue weighted by atomic mass is 16.6. The Morgan fingerprint density at radius 3 is 2.68 bits per heavy atom. The molecule has 8 nitrogen and oxygen atoms in total. The Kier molecular flexibility index (Phi) is 2.49. The van der Waals surface area contributed by atoms with Gasteiger partial charge in [-0.2, -0.15) is 0 Å². The molecule has 0 amide bonds. The van der Waals surface area contributed by atoms with E-state index in [4.69, 9.17) is 4.74 Å². The van der Waals surface area contributed by atoms with E-state index in [9.17, 15) is 24.9 Å². The zero-order valence-electron chi connectivity index (χ0n) is 9.94. The third-order valence-electron chi connectivity index (χ3n) is 4.19. The van der Waals surface area contributed by atoms with Crippen LogP contribution in [-0.4, -0.2) is 48.8 Å². The molecule has 19 heavy (non-hydrogen) atoms. The number of hydrogen-bond donors (Lipinski definition) is 4. The van der Waals surface area contributed by atoms with Gasteiger partial charge in [-0.1, -0.05) is 0 Å². The number of fused-ring (bicyclic) bond motifs is 1. The average Bonchev–Trinajstić information content (AvgIpc) is 2.51. The van der Waals surface area contributed by atoms with E-state index >= 15 is 0 Å². The summed E-state index contributed by atoms with van der Waals surface area (Å²) in [6.45, 7) is -0.449. The van der Waals surface area contributed by atoms with E-state index in [2.05, 4.69) is 0 Å². The lowest BCUT2D eigenvalue weighted by atomic mass is 9.64. The molecule has 1 aliphatic heterocycles. The van der Waals surface area contributed by atoms with Gasteiger partial charge in [0.1, 0.15) is 17.3 Å². The van der Waals surface area contributed by atoms with Crippen LogP contribution in [0.3, 0.4) is 0 Å². The largest absolute Gasteiger partial charge is 0.393 e. The minimum Gasteiger partial charge on any atom is -0.393 e. The number of aromatic nitrogens is 2. The van der Waals surface area contributed by atoms with Crippen LogP contribution in [0.4, 0.5) is 0 Å². The lowest BCUT2D eigenvalue weighted by molar-refractivity contribution is -0.229. The monoisotopic (exact) mass is 270 g/mol. The number of ether oxygens (including phenoxy) is 1. The Labute approximate surface area is 106 Å². The Morgan fingerprint density at radius 2 is 2.21 bits per heavy atom. The van der Waals surface area contributed by atoms with E-state index in [1.807, 2.05) is 4.98 Å². The van der Waals surface area contributed by atoms with Gasteiger partial charge < -0.3 is 20.1 Å². The smallest absolute Gasteiger partial charge is 0.330 e. The summed E-state index contributed by atoms with van der Waals surface area (Å²) < 4.78 is 6.51. The van der Waals surface area contributed by atoms with Gasteiger partial charge in [-0.15, -0.1) is 0 Å². The van der Waals surface area contributed by atoms with Crippen molar-refractivity contribution in [2.45, 2.75) is 36.4 Å². The summed E-state index contributed by atoms with van der Waals surface area (Å²) >= 11 is 0. The average molecular weight is 270 g/mol. The zero-order chi connectivity index (χ0) is 13.8. The van der Waals surface area contributed by atoms with Crippen LogP contribution < -0.4 is 11.2 Å². The first-order valence-corrected chi connectivity index (χ1v) is 5.94. The fourth-order valence-electron chi connectivity index (χ4n) is 2.86. The van der Waals surface area contributed by atoms with Crippen molar-refractivity contribution in [3.8, 4) is 0 Å². The summed E-state index contributed by atoms with van der Waals surface area (Å²) in [5.41, 5.74) is -4.11. The highest BCUT2D eigenvalue weighted by molar-refractivity contribution is 5.19. The quantitative estimate of drug-likeness (QED) is 0.478. The fourth-order valence-corrected chi connectivity index (χ4v) is 2.86.